The molecule has 0 saturated heterocycles. The molecule has 0 bridgehead atoms. The minimum atomic E-state index is -0.228. The molecule has 1 nitrogen and oxygen atoms in total. The number of nitrogens with one attached hydrogen (secondary N) is 1. The second-order valence-corrected chi connectivity index (χ2v) is 6.37. The molecule has 1 aromatic carbocycles. The summed E-state index contributed by atoms with van der Waals surface area (Å²) >= 11 is 7.86. The third kappa shape index (κ3) is 3.60. The minimum Gasteiger partial charge on any atom is -0.310 e. The van der Waals surface area contributed by atoms with E-state index in [-0.39, 0.29) is 11.9 Å². The summed E-state index contributed by atoms with van der Waals surface area (Å²) < 4.78 is 14.0. The Bertz CT molecular complexity index is 547. The van der Waals surface area contributed by atoms with E-state index in [2.05, 4.69) is 30.6 Å². The van der Waals surface area contributed by atoms with Gasteiger partial charge in [-0.1, -0.05) is 24.6 Å². The van der Waals surface area contributed by atoms with E-state index in [4.69, 9.17) is 11.6 Å². The fourth-order valence-electron chi connectivity index (χ4n) is 2.30. The maximum absolute atomic E-state index is 14.0. The van der Waals surface area contributed by atoms with Crippen LogP contribution >= 0.6 is 22.9 Å². The van der Waals surface area contributed by atoms with Gasteiger partial charge in [-0.05, 0) is 55.5 Å². The zero-order valence-corrected chi connectivity index (χ0v) is 13.3. The first-order chi connectivity index (χ1) is 9.63. The summed E-state index contributed by atoms with van der Waals surface area (Å²) in [6, 6.07) is 7.08. The van der Waals surface area contributed by atoms with Crippen molar-refractivity contribution in [3.05, 3.63) is 56.5 Å². The average Bonchev–Trinajstić information content (AvgIpc) is 2.84. The molecule has 1 unspecified atom stereocenters. The molecular formula is C16H19ClFNS. The van der Waals surface area contributed by atoms with Crippen molar-refractivity contribution in [1.29, 1.82) is 0 Å². The molecule has 20 heavy (non-hydrogen) atoms. The highest BCUT2D eigenvalue weighted by Crippen LogP contribution is 2.29. The van der Waals surface area contributed by atoms with Gasteiger partial charge in [-0.2, -0.15) is 0 Å². The van der Waals surface area contributed by atoms with E-state index < -0.39 is 0 Å². The van der Waals surface area contributed by atoms with E-state index in [0.29, 0.717) is 17.0 Å². The first-order valence-corrected chi connectivity index (χ1v) is 8.09. The van der Waals surface area contributed by atoms with E-state index >= 15 is 0 Å². The molecular weight excluding hydrogens is 293 g/mol. The molecule has 0 fully saturated rings. The molecule has 1 heterocycles. The number of hydrogen-bond acceptors (Lipinski definition) is 2. The highest BCUT2D eigenvalue weighted by Gasteiger charge is 2.18. The molecule has 2 aromatic rings. The predicted octanol–water partition coefficient (Wildman–Crippen LogP) is 5.13. The summed E-state index contributed by atoms with van der Waals surface area (Å²) in [5, 5.41) is 6.08. The van der Waals surface area contributed by atoms with Gasteiger partial charge in [-0.25, -0.2) is 4.39 Å². The van der Waals surface area contributed by atoms with Crippen molar-refractivity contribution in [2.75, 3.05) is 6.54 Å². The standard InChI is InChI=1S/C16H19ClFNS/c1-3-8-19-16(12-7-9-20-11(12)2)10-13-14(17)5-4-6-15(13)18/h4-7,9,16,19H,3,8,10H2,1-2H3. The number of aryl methyl sites for hydroxylation is 1. The lowest BCUT2D eigenvalue weighted by Gasteiger charge is -2.20. The van der Waals surface area contributed by atoms with Gasteiger partial charge in [0.2, 0.25) is 0 Å². The van der Waals surface area contributed by atoms with Crippen LogP contribution < -0.4 is 5.32 Å². The van der Waals surface area contributed by atoms with Crippen molar-refractivity contribution in [3.63, 3.8) is 0 Å². The van der Waals surface area contributed by atoms with Crippen LogP contribution in [0.25, 0.3) is 0 Å². The monoisotopic (exact) mass is 311 g/mol. The number of benzene rings is 1. The Morgan fingerprint density at radius 2 is 2.15 bits per heavy atom. The minimum absolute atomic E-state index is 0.107. The van der Waals surface area contributed by atoms with Crippen LogP contribution in [0.5, 0.6) is 0 Å². The first kappa shape index (κ1) is 15.5. The Balaban J connectivity index is 2.26. The van der Waals surface area contributed by atoms with E-state index in [1.165, 1.54) is 16.5 Å². The van der Waals surface area contributed by atoms with Crippen LogP contribution in [0, 0.1) is 12.7 Å². The SMILES string of the molecule is CCCNC(Cc1c(F)cccc1Cl)c1ccsc1C. The Hall–Kier alpha value is -0.900. The van der Waals surface area contributed by atoms with Crippen molar-refractivity contribution < 1.29 is 4.39 Å². The van der Waals surface area contributed by atoms with E-state index in [1.807, 2.05) is 0 Å². The van der Waals surface area contributed by atoms with Crippen molar-refractivity contribution in [1.82, 2.24) is 5.32 Å². The van der Waals surface area contributed by atoms with Gasteiger partial charge in [0, 0.05) is 21.5 Å². The molecule has 0 aliphatic carbocycles. The Kier molecular flexibility index (Phi) is 5.58. The second kappa shape index (κ2) is 7.21. The van der Waals surface area contributed by atoms with E-state index in [1.54, 1.807) is 23.5 Å². The molecule has 1 aromatic heterocycles. The van der Waals surface area contributed by atoms with Gasteiger partial charge in [0.05, 0.1) is 0 Å². The average molecular weight is 312 g/mol. The zero-order chi connectivity index (χ0) is 14.5. The third-order valence-corrected chi connectivity index (χ3v) is 4.60. The molecule has 0 radical (unpaired) electrons. The summed E-state index contributed by atoms with van der Waals surface area (Å²) in [6.07, 6.45) is 1.62. The molecule has 1 atom stereocenters. The maximum atomic E-state index is 14.0. The van der Waals surface area contributed by atoms with Crippen LogP contribution in [-0.4, -0.2) is 6.54 Å². The Morgan fingerprint density at radius 3 is 2.75 bits per heavy atom. The topological polar surface area (TPSA) is 12.0 Å². The molecule has 108 valence electrons. The molecule has 4 heteroatoms. The summed E-state index contributed by atoms with van der Waals surface area (Å²) in [5.74, 6) is -0.228. The molecule has 1 N–H and O–H groups in total. The zero-order valence-electron chi connectivity index (χ0n) is 11.7. The quantitative estimate of drug-likeness (QED) is 0.779. The van der Waals surface area contributed by atoms with Crippen molar-refractivity contribution >= 4 is 22.9 Å². The number of halogens is 2. The van der Waals surface area contributed by atoms with Crippen LogP contribution in [-0.2, 0) is 6.42 Å². The lowest BCUT2D eigenvalue weighted by molar-refractivity contribution is 0.513. The van der Waals surface area contributed by atoms with Gasteiger partial charge in [0.15, 0.2) is 0 Å². The van der Waals surface area contributed by atoms with E-state index in [0.717, 1.165) is 13.0 Å². The normalized spacial score (nSPS) is 12.6. The summed E-state index contributed by atoms with van der Waals surface area (Å²) in [6.45, 7) is 5.14. The van der Waals surface area contributed by atoms with Crippen molar-refractivity contribution in [2.45, 2.75) is 32.7 Å². The Morgan fingerprint density at radius 1 is 1.35 bits per heavy atom. The third-order valence-electron chi connectivity index (χ3n) is 3.39. The van der Waals surface area contributed by atoms with Crippen LogP contribution in [0.3, 0.4) is 0 Å². The molecule has 0 aliphatic heterocycles. The van der Waals surface area contributed by atoms with Gasteiger partial charge >= 0.3 is 0 Å². The maximum Gasteiger partial charge on any atom is 0.127 e. The van der Waals surface area contributed by atoms with Crippen LogP contribution in [0.15, 0.2) is 29.6 Å². The van der Waals surface area contributed by atoms with Crippen LogP contribution in [0.2, 0.25) is 5.02 Å². The van der Waals surface area contributed by atoms with Gasteiger partial charge in [-0.15, -0.1) is 11.3 Å². The lowest BCUT2D eigenvalue weighted by Crippen LogP contribution is -2.24. The van der Waals surface area contributed by atoms with Gasteiger partial charge < -0.3 is 5.32 Å². The lowest BCUT2D eigenvalue weighted by atomic mass is 9.99. The molecule has 0 spiro atoms. The second-order valence-electron chi connectivity index (χ2n) is 4.84. The fraction of sp³-hybridized carbons (Fsp3) is 0.375. The number of thiophene rings is 1. The largest absolute Gasteiger partial charge is 0.310 e. The summed E-state index contributed by atoms with van der Waals surface area (Å²) in [7, 11) is 0. The molecule has 0 aliphatic rings. The molecule has 0 amide bonds. The Labute approximate surface area is 128 Å². The van der Waals surface area contributed by atoms with Gasteiger partial charge in [0.1, 0.15) is 5.82 Å². The first-order valence-electron chi connectivity index (χ1n) is 6.83. The summed E-state index contributed by atoms with van der Waals surface area (Å²) in [4.78, 5) is 1.27. The fourth-order valence-corrected chi connectivity index (χ4v) is 3.30. The van der Waals surface area contributed by atoms with Gasteiger partial charge in [-0.3, -0.25) is 0 Å². The summed E-state index contributed by atoms with van der Waals surface area (Å²) in [5.41, 5.74) is 1.83. The smallest absolute Gasteiger partial charge is 0.127 e. The predicted molar refractivity (Wildman–Crippen MR) is 85.2 cm³/mol. The van der Waals surface area contributed by atoms with Crippen molar-refractivity contribution in [3.8, 4) is 0 Å². The van der Waals surface area contributed by atoms with Crippen LogP contribution in [0.4, 0.5) is 4.39 Å². The number of hydrogen-bond donors (Lipinski definition) is 1. The molecule has 0 saturated carbocycles. The van der Waals surface area contributed by atoms with Crippen LogP contribution in [0.1, 0.15) is 35.4 Å². The van der Waals surface area contributed by atoms with E-state index in [9.17, 15) is 4.39 Å². The highest BCUT2D eigenvalue weighted by molar-refractivity contribution is 7.10. The highest BCUT2D eigenvalue weighted by atomic mass is 35.5. The van der Waals surface area contributed by atoms with Crippen molar-refractivity contribution in [2.24, 2.45) is 0 Å². The van der Waals surface area contributed by atoms with Gasteiger partial charge in [0.25, 0.3) is 0 Å². The number of rotatable bonds is 6. The molecule has 2 rings (SSSR count).